The highest BCUT2D eigenvalue weighted by atomic mass is 16.5. The quantitative estimate of drug-likeness (QED) is 0.453. The Kier molecular flexibility index (Phi) is 7.98. The summed E-state index contributed by atoms with van der Waals surface area (Å²) in [5.41, 5.74) is 7.63. The molecule has 0 spiro atoms. The molecule has 0 aliphatic heterocycles. The van der Waals surface area contributed by atoms with E-state index in [1.54, 1.807) is 25.3 Å². The van der Waals surface area contributed by atoms with Gasteiger partial charge in [0, 0.05) is 25.7 Å². The van der Waals surface area contributed by atoms with Gasteiger partial charge in [-0.1, -0.05) is 0 Å². The van der Waals surface area contributed by atoms with Crippen LogP contribution in [0.1, 0.15) is 29.9 Å². The standard InChI is InChI=1S/C18H20N6O3.C2H4O/c1-3-27-17(26)11-4-6-13(7-5-11)24(2)9-8-12-10-20-15-14(21-12)16(25)23-18(19)22-15;1-2-3/h4-7,10H,3,8-9H2,1-2H3,(H3,19,20,22,23,25);2H,1H3. The topological polar surface area (TPSA) is 144 Å². The van der Waals surface area contributed by atoms with Crippen molar-refractivity contribution in [1.29, 1.82) is 0 Å². The number of carbonyl (C=O) groups is 2. The molecule has 0 amide bonds. The summed E-state index contributed by atoms with van der Waals surface area (Å²) in [6.45, 7) is 4.21. The maximum Gasteiger partial charge on any atom is 0.338 e. The molecule has 30 heavy (non-hydrogen) atoms. The summed E-state index contributed by atoms with van der Waals surface area (Å²) in [4.78, 5) is 49.3. The molecule has 0 saturated heterocycles. The van der Waals surface area contributed by atoms with Crippen molar-refractivity contribution in [2.24, 2.45) is 0 Å². The summed E-state index contributed by atoms with van der Waals surface area (Å²) in [6, 6.07) is 7.18. The van der Waals surface area contributed by atoms with Gasteiger partial charge in [0.05, 0.1) is 24.1 Å². The maximum atomic E-state index is 11.9. The van der Waals surface area contributed by atoms with E-state index < -0.39 is 5.56 Å². The van der Waals surface area contributed by atoms with Crippen LogP contribution in [0.4, 0.5) is 11.6 Å². The van der Waals surface area contributed by atoms with E-state index in [1.807, 2.05) is 24.1 Å². The lowest BCUT2D eigenvalue weighted by molar-refractivity contribution is -0.106. The fraction of sp³-hybridized carbons (Fsp3) is 0.300. The number of fused-ring (bicyclic) bond motifs is 1. The van der Waals surface area contributed by atoms with Crippen molar-refractivity contribution in [3.63, 3.8) is 0 Å². The van der Waals surface area contributed by atoms with Crippen LogP contribution in [0.5, 0.6) is 0 Å². The van der Waals surface area contributed by atoms with Gasteiger partial charge in [0.1, 0.15) is 6.29 Å². The summed E-state index contributed by atoms with van der Waals surface area (Å²) in [6.07, 6.45) is 2.93. The molecule has 2 heterocycles. The highest BCUT2D eigenvalue weighted by Crippen LogP contribution is 2.15. The molecule has 3 rings (SSSR count). The number of rotatable bonds is 6. The van der Waals surface area contributed by atoms with Gasteiger partial charge in [-0.3, -0.25) is 9.78 Å². The minimum Gasteiger partial charge on any atom is -0.462 e. The summed E-state index contributed by atoms with van der Waals surface area (Å²) in [5, 5.41) is 0. The minimum atomic E-state index is -0.408. The first-order valence-electron chi connectivity index (χ1n) is 9.29. The molecule has 0 fully saturated rings. The number of nitrogens with two attached hydrogens (primary N) is 1. The van der Waals surface area contributed by atoms with Gasteiger partial charge in [-0.25, -0.2) is 14.8 Å². The van der Waals surface area contributed by atoms with Crippen LogP contribution in [0.15, 0.2) is 35.3 Å². The fourth-order valence-corrected chi connectivity index (χ4v) is 2.57. The second-order valence-electron chi connectivity index (χ2n) is 6.16. The lowest BCUT2D eigenvalue weighted by Crippen LogP contribution is -2.21. The predicted octanol–water partition coefficient (Wildman–Crippen LogP) is 1.36. The molecule has 0 bridgehead atoms. The van der Waals surface area contributed by atoms with Gasteiger partial charge in [-0.2, -0.15) is 4.98 Å². The van der Waals surface area contributed by atoms with Crippen molar-refractivity contribution in [1.82, 2.24) is 19.9 Å². The predicted molar refractivity (Wildman–Crippen MR) is 113 cm³/mol. The van der Waals surface area contributed by atoms with Crippen LogP contribution in [0.3, 0.4) is 0 Å². The van der Waals surface area contributed by atoms with Crippen LogP contribution in [0.25, 0.3) is 11.2 Å². The number of nitrogens with zero attached hydrogens (tertiary/aromatic N) is 4. The van der Waals surface area contributed by atoms with Gasteiger partial charge in [-0.15, -0.1) is 0 Å². The largest absolute Gasteiger partial charge is 0.462 e. The molecule has 0 aliphatic carbocycles. The van der Waals surface area contributed by atoms with E-state index in [2.05, 4.69) is 19.9 Å². The Balaban J connectivity index is 0.00000101. The number of aromatic nitrogens is 4. The van der Waals surface area contributed by atoms with Gasteiger partial charge in [0.15, 0.2) is 11.2 Å². The van der Waals surface area contributed by atoms with E-state index in [1.165, 1.54) is 6.92 Å². The molecule has 0 aliphatic rings. The number of nitrogen functional groups attached to an aromatic ring is 1. The van der Waals surface area contributed by atoms with Crippen LogP contribution in [0, 0.1) is 0 Å². The smallest absolute Gasteiger partial charge is 0.338 e. The fourth-order valence-electron chi connectivity index (χ4n) is 2.57. The van der Waals surface area contributed by atoms with Crippen LogP contribution in [-0.4, -0.2) is 52.4 Å². The van der Waals surface area contributed by atoms with Crippen molar-refractivity contribution in [3.8, 4) is 0 Å². The number of aromatic amines is 1. The molecular formula is C20H24N6O4. The van der Waals surface area contributed by atoms with Crippen LogP contribution in [0.2, 0.25) is 0 Å². The first kappa shape index (κ1) is 22.5. The molecule has 2 aromatic heterocycles. The number of esters is 1. The Hall–Kier alpha value is -3.82. The molecule has 1 aromatic carbocycles. The highest BCUT2D eigenvalue weighted by Gasteiger charge is 2.09. The average molecular weight is 412 g/mol. The van der Waals surface area contributed by atoms with Gasteiger partial charge >= 0.3 is 5.97 Å². The van der Waals surface area contributed by atoms with Gasteiger partial charge in [0.25, 0.3) is 5.56 Å². The lowest BCUT2D eigenvalue weighted by atomic mass is 10.2. The van der Waals surface area contributed by atoms with E-state index in [4.69, 9.17) is 15.3 Å². The number of aldehydes is 1. The van der Waals surface area contributed by atoms with Crippen molar-refractivity contribution in [2.75, 3.05) is 30.8 Å². The summed E-state index contributed by atoms with van der Waals surface area (Å²) >= 11 is 0. The third-order valence-electron chi connectivity index (χ3n) is 4.01. The zero-order chi connectivity index (χ0) is 22.1. The number of hydrogen-bond acceptors (Lipinski definition) is 9. The van der Waals surface area contributed by atoms with Crippen LogP contribution < -0.4 is 16.2 Å². The van der Waals surface area contributed by atoms with E-state index in [0.717, 1.165) is 12.0 Å². The second-order valence-corrected chi connectivity index (χ2v) is 6.16. The molecule has 0 saturated carbocycles. The van der Waals surface area contributed by atoms with E-state index >= 15 is 0 Å². The minimum absolute atomic E-state index is 0.0144. The third-order valence-corrected chi connectivity index (χ3v) is 4.01. The maximum absolute atomic E-state index is 11.9. The molecule has 0 atom stereocenters. The normalized spacial score (nSPS) is 10.1. The third kappa shape index (κ3) is 5.84. The number of benzene rings is 1. The summed E-state index contributed by atoms with van der Waals surface area (Å²) in [7, 11) is 1.93. The number of likely N-dealkylation sites (N-methyl/N-ethyl adjacent to an activating group) is 1. The van der Waals surface area contributed by atoms with Gasteiger partial charge in [0.2, 0.25) is 5.95 Å². The van der Waals surface area contributed by atoms with Gasteiger partial charge in [-0.05, 0) is 38.1 Å². The zero-order valence-corrected chi connectivity index (χ0v) is 17.1. The first-order valence-corrected chi connectivity index (χ1v) is 9.29. The number of nitrogens with one attached hydrogen (secondary N) is 1. The Morgan fingerprint density at radius 2 is 1.93 bits per heavy atom. The van der Waals surface area contributed by atoms with Crippen LogP contribution >= 0.6 is 0 Å². The Morgan fingerprint density at radius 1 is 1.27 bits per heavy atom. The summed E-state index contributed by atoms with van der Waals surface area (Å²) < 4.78 is 4.98. The molecule has 158 valence electrons. The summed E-state index contributed by atoms with van der Waals surface area (Å²) in [5.74, 6) is -0.321. The monoisotopic (exact) mass is 412 g/mol. The number of carbonyl (C=O) groups excluding carboxylic acids is 2. The molecule has 0 unspecified atom stereocenters. The average Bonchev–Trinajstić information content (AvgIpc) is 2.73. The second kappa shape index (κ2) is 10.6. The Morgan fingerprint density at radius 3 is 2.57 bits per heavy atom. The Labute approximate surface area is 173 Å². The SMILES string of the molecule is CC=O.CCOC(=O)c1ccc(N(C)CCc2cnc3nc(N)[nH]c(=O)c3n2)cc1. The van der Waals surface area contributed by atoms with Crippen LogP contribution in [-0.2, 0) is 16.0 Å². The molecule has 3 N–H and O–H groups in total. The number of ether oxygens (including phenoxy) is 1. The Bertz CT molecular complexity index is 1070. The lowest BCUT2D eigenvalue weighted by Gasteiger charge is -2.19. The number of anilines is 2. The van der Waals surface area contributed by atoms with E-state index in [0.29, 0.717) is 30.8 Å². The number of H-pyrrole nitrogens is 1. The van der Waals surface area contributed by atoms with Crippen molar-refractivity contribution < 1.29 is 14.3 Å². The highest BCUT2D eigenvalue weighted by molar-refractivity contribution is 5.89. The zero-order valence-electron chi connectivity index (χ0n) is 17.1. The van der Waals surface area contributed by atoms with E-state index in [9.17, 15) is 9.59 Å². The van der Waals surface area contributed by atoms with Crippen molar-refractivity contribution >= 4 is 35.1 Å². The molecule has 0 radical (unpaired) electrons. The number of hydrogen-bond donors (Lipinski definition) is 2. The van der Waals surface area contributed by atoms with E-state index in [-0.39, 0.29) is 23.1 Å². The molecular weight excluding hydrogens is 388 g/mol. The molecule has 3 aromatic rings. The van der Waals surface area contributed by atoms with Gasteiger partial charge < -0.3 is 20.2 Å². The van der Waals surface area contributed by atoms with Crippen molar-refractivity contribution in [2.45, 2.75) is 20.3 Å². The van der Waals surface area contributed by atoms with Crippen molar-refractivity contribution in [3.05, 3.63) is 52.1 Å². The molecule has 10 nitrogen and oxygen atoms in total. The molecule has 10 heteroatoms. The first-order chi connectivity index (χ1) is 14.4.